The van der Waals surface area contributed by atoms with Crippen molar-refractivity contribution in [1.82, 2.24) is 10.2 Å². The third-order valence-electron chi connectivity index (χ3n) is 4.66. The Hall–Kier alpha value is -0.900. The van der Waals surface area contributed by atoms with Crippen LogP contribution in [0, 0.1) is 12.8 Å². The lowest BCUT2D eigenvalue weighted by molar-refractivity contribution is 0.248. The van der Waals surface area contributed by atoms with Crippen LogP contribution in [0.15, 0.2) is 24.3 Å². The number of nitrogens with zero attached hydrogens (tertiary/aromatic N) is 1. The molecule has 2 N–H and O–H groups in total. The summed E-state index contributed by atoms with van der Waals surface area (Å²) >= 11 is 0. The van der Waals surface area contributed by atoms with Gasteiger partial charge in [-0.2, -0.15) is 0 Å². The molecule has 1 aliphatic heterocycles. The van der Waals surface area contributed by atoms with Gasteiger partial charge in [0.2, 0.25) is 0 Å². The molecule has 0 aliphatic carbocycles. The van der Waals surface area contributed by atoms with E-state index in [1.54, 1.807) is 0 Å². The van der Waals surface area contributed by atoms with Gasteiger partial charge in [0, 0.05) is 19.2 Å². The fraction of sp³-hybridized carbons (Fsp3) is 0.667. The number of aryl methyl sites for hydroxylation is 1. The molecule has 2 unspecified atom stereocenters. The minimum atomic E-state index is 0.335. The molecule has 118 valence electrons. The number of hydrogen-bond donors (Lipinski definition) is 2. The molecule has 1 heterocycles. The first-order valence-corrected chi connectivity index (χ1v) is 8.36. The van der Waals surface area contributed by atoms with Crippen molar-refractivity contribution in [3.8, 4) is 0 Å². The smallest absolute Gasteiger partial charge is 0.0434 e. The Morgan fingerprint density at radius 2 is 2.19 bits per heavy atom. The Balaban J connectivity index is 1.88. The highest BCUT2D eigenvalue weighted by Crippen LogP contribution is 2.24. The van der Waals surface area contributed by atoms with Crippen LogP contribution >= 0.6 is 0 Å². The van der Waals surface area contributed by atoms with Crippen LogP contribution in [0.5, 0.6) is 0 Å². The van der Waals surface area contributed by atoms with Crippen LogP contribution in [-0.2, 0) is 0 Å². The minimum absolute atomic E-state index is 0.335. The molecule has 0 radical (unpaired) electrons. The van der Waals surface area contributed by atoms with Gasteiger partial charge >= 0.3 is 0 Å². The zero-order valence-corrected chi connectivity index (χ0v) is 13.5. The molecule has 1 saturated heterocycles. The summed E-state index contributed by atoms with van der Waals surface area (Å²) in [4.78, 5) is 2.56. The Morgan fingerprint density at radius 3 is 2.90 bits per heavy atom. The van der Waals surface area contributed by atoms with Gasteiger partial charge in [0.15, 0.2) is 0 Å². The van der Waals surface area contributed by atoms with Gasteiger partial charge in [-0.15, -0.1) is 0 Å². The van der Waals surface area contributed by atoms with E-state index in [1.165, 1.54) is 24.1 Å². The molecule has 0 bridgehead atoms. The fourth-order valence-corrected chi connectivity index (χ4v) is 3.44. The molecule has 1 fully saturated rings. The van der Waals surface area contributed by atoms with Crippen molar-refractivity contribution in [1.29, 1.82) is 0 Å². The molecular weight excluding hydrogens is 260 g/mol. The summed E-state index contributed by atoms with van der Waals surface area (Å²) in [5, 5.41) is 12.7. The van der Waals surface area contributed by atoms with E-state index in [9.17, 15) is 0 Å². The monoisotopic (exact) mass is 290 g/mol. The molecule has 1 aromatic carbocycles. The van der Waals surface area contributed by atoms with Crippen LogP contribution in [0.2, 0.25) is 0 Å². The van der Waals surface area contributed by atoms with Crippen LogP contribution in [0.1, 0.15) is 43.4 Å². The Labute approximate surface area is 129 Å². The van der Waals surface area contributed by atoms with Crippen molar-refractivity contribution in [3.63, 3.8) is 0 Å². The second kappa shape index (κ2) is 8.52. The first-order valence-electron chi connectivity index (χ1n) is 8.36. The number of aliphatic hydroxyl groups excluding tert-OH is 1. The largest absolute Gasteiger partial charge is 0.396 e. The number of aliphatic hydroxyl groups is 1. The quantitative estimate of drug-likeness (QED) is 0.773. The third kappa shape index (κ3) is 4.80. The Bertz CT molecular complexity index is 421. The van der Waals surface area contributed by atoms with Gasteiger partial charge in [0.25, 0.3) is 0 Å². The number of nitrogens with one attached hydrogen (secondary N) is 1. The molecule has 2 atom stereocenters. The molecule has 0 aromatic heterocycles. The predicted octanol–water partition coefficient (Wildman–Crippen LogP) is 2.74. The van der Waals surface area contributed by atoms with Crippen molar-refractivity contribution >= 4 is 0 Å². The normalized spacial score (nSPS) is 20.8. The van der Waals surface area contributed by atoms with Gasteiger partial charge in [-0.1, -0.05) is 31.2 Å². The standard InChI is InChI=1S/C18H30N2O/c1-3-19-18(17-7-5-4-6-15(17)2)9-12-20-11-8-16(14-20)10-13-21/h4-7,16,18-19,21H,3,8-14H2,1-2H3. The van der Waals surface area contributed by atoms with E-state index in [2.05, 4.69) is 48.3 Å². The molecular formula is C18H30N2O. The average Bonchev–Trinajstić information content (AvgIpc) is 2.92. The van der Waals surface area contributed by atoms with Crippen molar-refractivity contribution < 1.29 is 5.11 Å². The maximum atomic E-state index is 9.05. The third-order valence-corrected chi connectivity index (χ3v) is 4.66. The molecule has 3 nitrogen and oxygen atoms in total. The first kappa shape index (κ1) is 16.5. The van der Waals surface area contributed by atoms with E-state index in [4.69, 9.17) is 5.11 Å². The lowest BCUT2D eigenvalue weighted by Crippen LogP contribution is -2.28. The van der Waals surface area contributed by atoms with E-state index in [-0.39, 0.29) is 0 Å². The molecule has 0 spiro atoms. The van der Waals surface area contributed by atoms with E-state index in [0.717, 1.165) is 32.5 Å². The van der Waals surface area contributed by atoms with Crippen LogP contribution < -0.4 is 5.32 Å². The highest BCUT2D eigenvalue weighted by molar-refractivity contribution is 5.28. The van der Waals surface area contributed by atoms with E-state index in [0.29, 0.717) is 18.6 Å². The fourth-order valence-electron chi connectivity index (χ4n) is 3.44. The summed E-state index contributed by atoms with van der Waals surface area (Å²) < 4.78 is 0. The van der Waals surface area contributed by atoms with E-state index >= 15 is 0 Å². The highest BCUT2D eigenvalue weighted by Gasteiger charge is 2.22. The number of likely N-dealkylation sites (tertiary alicyclic amines) is 1. The number of hydrogen-bond acceptors (Lipinski definition) is 3. The summed E-state index contributed by atoms with van der Waals surface area (Å²) in [6, 6.07) is 9.16. The summed E-state index contributed by atoms with van der Waals surface area (Å²) in [5.74, 6) is 0.700. The van der Waals surface area contributed by atoms with Crippen molar-refractivity contribution in [2.75, 3.05) is 32.8 Å². The Morgan fingerprint density at radius 1 is 1.38 bits per heavy atom. The molecule has 3 heteroatoms. The van der Waals surface area contributed by atoms with Gasteiger partial charge in [0.1, 0.15) is 0 Å². The summed E-state index contributed by atoms with van der Waals surface area (Å²) in [6.07, 6.45) is 3.37. The van der Waals surface area contributed by atoms with Gasteiger partial charge in [0.05, 0.1) is 0 Å². The second-order valence-electron chi connectivity index (χ2n) is 6.22. The highest BCUT2D eigenvalue weighted by atomic mass is 16.3. The van der Waals surface area contributed by atoms with Gasteiger partial charge in [-0.25, -0.2) is 0 Å². The summed E-state index contributed by atoms with van der Waals surface area (Å²) in [5.41, 5.74) is 2.81. The van der Waals surface area contributed by atoms with Gasteiger partial charge < -0.3 is 15.3 Å². The SMILES string of the molecule is CCNC(CCN1CCC(CCO)C1)c1ccccc1C. The van der Waals surface area contributed by atoms with Crippen molar-refractivity contribution in [3.05, 3.63) is 35.4 Å². The molecule has 21 heavy (non-hydrogen) atoms. The zero-order valence-electron chi connectivity index (χ0n) is 13.5. The molecule has 1 aromatic rings. The summed E-state index contributed by atoms with van der Waals surface area (Å²) in [7, 11) is 0. The van der Waals surface area contributed by atoms with Crippen LogP contribution in [-0.4, -0.2) is 42.8 Å². The lowest BCUT2D eigenvalue weighted by Gasteiger charge is -2.24. The summed E-state index contributed by atoms with van der Waals surface area (Å²) in [6.45, 7) is 9.22. The minimum Gasteiger partial charge on any atom is -0.396 e. The second-order valence-corrected chi connectivity index (χ2v) is 6.22. The topological polar surface area (TPSA) is 35.5 Å². The van der Waals surface area contributed by atoms with Crippen molar-refractivity contribution in [2.45, 2.75) is 39.2 Å². The maximum Gasteiger partial charge on any atom is 0.0434 e. The lowest BCUT2D eigenvalue weighted by atomic mass is 9.98. The van der Waals surface area contributed by atoms with Crippen LogP contribution in [0.4, 0.5) is 0 Å². The average molecular weight is 290 g/mol. The first-order chi connectivity index (χ1) is 10.2. The molecule has 0 amide bonds. The Kier molecular flexibility index (Phi) is 6.68. The molecule has 1 aliphatic rings. The van der Waals surface area contributed by atoms with Crippen LogP contribution in [0.3, 0.4) is 0 Å². The van der Waals surface area contributed by atoms with Crippen molar-refractivity contribution in [2.24, 2.45) is 5.92 Å². The maximum absolute atomic E-state index is 9.05. The van der Waals surface area contributed by atoms with E-state index in [1.807, 2.05) is 0 Å². The van der Waals surface area contributed by atoms with Crippen LogP contribution in [0.25, 0.3) is 0 Å². The number of rotatable bonds is 8. The predicted molar refractivity (Wildman–Crippen MR) is 88.5 cm³/mol. The molecule has 0 saturated carbocycles. The zero-order chi connectivity index (χ0) is 15.1. The van der Waals surface area contributed by atoms with Gasteiger partial charge in [-0.05, 0) is 62.9 Å². The van der Waals surface area contributed by atoms with E-state index < -0.39 is 0 Å². The van der Waals surface area contributed by atoms with Gasteiger partial charge in [-0.3, -0.25) is 0 Å². The number of benzene rings is 1. The molecule has 2 rings (SSSR count).